The second kappa shape index (κ2) is 5.54. The van der Waals surface area contributed by atoms with Gasteiger partial charge < -0.3 is 11.1 Å². The van der Waals surface area contributed by atoms with Crippen LogP contribution in [0.5, 0.6) is 0 Å². The smallest absolute Gasteiger partial charge is 0.270 e. The van der Waals surface area contributed by atoms with Gasteiger partial charge in [0.15, 0.2) is 5.82 Å². The number of hydrogen-bond donors (Lipinski definition) is 2. The standard InChI is InChI=1S/C12H9ClN4O3/c13-9-2-1-5-15-11(9)16-12(18)8-6-7(17(19)20)3-4-10(8)14/h1-6H,14H2,(H,15,16,18). The molecule has 0 saturated carbocycles. The Balaban J connectivity index is 2.32. The number of nitro groups is 1. The highest BCUT2D eigenvalue weighted by molar-refractivity contribution is 6.33. The number of nitro benzene ring substituents is 1. The molecular formula is C12H9ClN4O3. The van der Waals surface area contributed by atoms with E-state index in [0.717, 1.165) is 6.07 Å². The SMILES string of the molecule is Nc1ccc([N+](=O)[O-])cc1C(=O)Nc1ncccc1Cl. The van der Waals surface area contributed by atoms with Crippen LogP contribution in [0.25, 0.3) is 0 Å². The van der Waals surface area contributed by atoms with Crippen LogP contribution < -0.4 is 11.1 Å². The number of carbonyl (C=O) groups is 1. The zero-order chi connectivity index (χ0) is 14.7. The molecule has 0 spiro atoms. The van der Waals surface area contributed by atoms with Gasteiger partial charge in [-0.05, 0) is 18.2 Å². The Hall–Kier alpha value is -2.67. The molecule has 102 valence electrons. The molecule has 0 aliphatic heterocycles. The molecule has 0 atom stereocenters. The molecule has 8 heteroatoms. The number of nitrogens with two attached hydrogens (primary N) is 1. The first-order valence-corrected chi connectivity index (χ1v) is 5.82. The maximum atomic E-state index is 12.0. The van der Waals surface area contributed by atoms with Crippen LogP contribution in [0.3, 0.4) is 0 Å². The van der Waals surface area contributed by atoms with Gasteiger partial charge in [-0.15, -0.1) is 0 Å². The second-order valence-corrected chi connectivity index (χ2v) is 4.22. The van der Waals surface area contributed by atoms with Crippen LogP contribution in [0.15, 0.2) is 36.5 Å². The highest BCUT2D eigenvalue weighted by atomic mass is 35.5. The van der Waals surface area contributed by atoms with Gasteiger partial charge in [-0.3, -0.25) is 14.9 Å². The number of nitrogen functional groups attached to an aromatic ring is 1. The quantitative estimate of drug-likeness (QED) is 0.513. The molecule has 0 radical (unpaired) electrons. The Morgan fingerprint density at radius 1 is 1.40 bits per heavy atom. The van der Waals surface area contributed by atoms with Crippen molar-refractivity contribution < 1.29 is 9.72 Å². The van der Waals surface area contributed by atoms with Crippen molar-refractivity contribution in [1.82, 2.24) is 4.98 Å². The van der Waals surface area contributed by atoms with Crippen LogP contribution in [-0.4, -0.2) is 15.8 Å². The molecular weight excluding hydrogens is 284 g/mol. The van der Waals surface area contributed by atoms with E-state index < -0.39 is 10.8 Å². The molecule has 2 aromatic rings. The van der Waals surface area contributed by atoms with Crippen LogP contribution in [0.4, 0.5) is 17.2 Å². The van der Waals surface area contributed by atoms with Gasteiger partial charge in [0, 0.05) is 24.0 Å². The molecule has 3 N–H and O–H groups in total. The van der Waals surface area contributed by atoms with Crippen LogP contribution in [0.2, 0.25) is 5.02 Å². The molecule has 1 aromatic heterocycles. The van der Waals surface area contributed by atoms with E-state index in [4.69, 9.17) is 17.3 Å². The summed E-state index contributed by atoms with van der Waals surface area (Å²) >= 11 is 5.86. The molecule has 0 aliphatic carbocycles. The number of benzene rings is 1. The average molecular weight is 293 g/mol. The Kier molecular flexibility index (Phi) is 3.81. The van der Waals surface area contributed by atoms with Crippen molar-refractivity contribution in [3.8, 4) is 0 Å². The van der Waals surface area contributed by atoms with Crippen molar-refractivity contribution in [1.29, 1.82) is 0 Å². The van der Waals surface area contributed by atoms with Crippen molar-refractivity contribution >= 4 is 34.7 Å². The number of hydrogen-bond acceptors (Lipinski definition) is 5. The summed E-state index contributed by atoms with van der Waals surface area (Å²) in [5.41, 5.74) is 5.53. The number of rotatable bonds is 3. The molecule has 0 saturated heterocycles. The fourth-order valence-electron chi connectivity index (χ4n) is 1.51. The fraction of sp³-hybridized carbons (Fsp3) is 0. The number of amides is 1. The van der Waals surface area contributed by atoms with Gasteiger partial charge in [0.1, 0.15) is 0 Å². The van der Waals surface area contributed by atoms with E-state index in [2.05, 4.69) is 10.3 Å². The van der Waals surface area contributed by atoms with Gasteiger partial charge in [-0.25, -0.2) is 4.98 Å². The lowest BCUT2D eigenvalue weighted by atomic mass is 10.1. The number of nitrogens with one attached hydrogen (secondary N) is 1. The van der Waals surface area contributed by atoms with E-state index >= 15 is 0 Å². The summed E-state index contributed by atoms with van der Waals surface area (Å²) in [5, 5.41) is 13.4. The monoisotopic (exact) mass is 292 g/mol. The average Bonchev–Trinajstić information content (AvgIpc) is 2.41. The van der Waals surface area contributed by atoms with E-state index in [9.17, 15) is 14.9 Å². The third kappa shape index (κ3) is 2.83. The minimum absolute atomic E-state index is 0.0130. The van der Waals surface area contributed by atoms with Crippen molar-refractivity contribution in [3.63, 3.8) is 0 Å². The van der Waals surface area contributed by atoms with Crippen LogP contribution in [-0.2, 0) is 0 Å². The molecule has 2 rings (SSSR count). The normalized spacial score (nSPS) is 10.1. The summed E-state index contributed by atoms with van der Waals surface area (Å²) in [5.74, 6) is -0.461. The lowest BCUT2D eigenvalue weighted by Crippen LogP contribution is -2.15. The van der Waals surface area contributed by atoms with Gasteiger partial charge in [0.25, 0.3) is 11.6 Å². The van der Waals surface area contributed by atoms with Gasteiger partial charge in [0.2, 0.25) is 0 Å². The Bertz CT molecular complexity index is 690. The number of aromatic nitrogens is 1. The van der Waals surface area contributed by atoms with Crippen LogP contribution in [0, 0.1) is 10.1 Å². The molecule has 7 nitrogen and oxygen atoms in total. The first-order chi connectivity index (χ1) is 9.49. The molecule has 0 aliphatic rings. The number of pyridine rings is 1. The van der Waals surface area contributed by atoms with E-state index in [-0.39, 0.29) is 27.8 Å². The first-order valence-electron chi connectivity index (χ1n) is 5.45. The molecule has 20 heavy (non-hydrogen) atoms. The Morgan fingerprint density at radius 3 is 2.80 bits per heavy atom. The maximum absolute atomic E-state index is 12.0. The van der Waals surface area contributed by atoms with Gasteiger partial charge in [-0.2, -0.15) is 0 Å². The highest BCUT2D eigenvalue weighted by Gasteiger charge is 2.16. The van der Waals surface area contributed by atoms with Crippen molar-refractivity contribution in [2.45, 2.75) is 0 Å². The summed E-state index contributed by atoms with van der Waals surface area (Å²) in [4.78, 5) is 26.0. The largest absolute Gasteiger partial charge is 0.398 e. The van der Waals surface area contributed by atoms with Gasteiger partial charge in [0.05, 0.1) is 15.5 Å². The zero-order valence-corrected chi connectivity index (χ0v) is 10.8. The number of halogens is 1. The topological polar surface area (TPSA) is 111 Å². The first kappa shape index (κ1) is 13.8. The predicted octanol–water partition coefficient (Wildman–Crippen LogP) is 2.48. The van der Waals surface area contributed by atoms with Crippen molar-refractivity contribution in [3.05, 3.63) is 57.2 Å². The van der Waals surface area contributed by atoms with Crippen LogP contribution in [0.1, 0.15) is 10.4 Å². The number of anilines is 2. The molecule has 0 unspecified atom stereocenters. The summed E-state index contributed by atoms with van der Waals surface area (Å²) in [6.07, 6.45) is 1.46. The van der Waals surface area contributed by atoms with Crippen molar-refractivity contribution in [2.75, 3.05) is 11.1 Å². The molecule has 1 aromatic carbocycles. The third-order valence-corrected chi connectivity index (χ3v) is 2.79. The number of non-ortho nitro benzene ring substituents is 1. The summed E-state index contributed by atoms with van der Waals surface area (Å²) in [6, 6.07) is 6.79. The Morgan fingerprint density at radius 2 is 2.15 bits per heavy atom. The molecule has 1 amide bonds. The maximum Gasteiger partial charge on any atom is 0.270 e. The summed E-state index contributed by atoms with van der Waals surface area (Å²) in [7, 11) is 0. The van der Waals surface area contributed by atoms with Gasteiger partial charge >= 0.3 is 0 Å². The van der Waals surface area contributed by atoms with E-state index in [1.807, 2.05) is 0 Å². The van der Waals surface area contributed by atoms with E-state index in [1.54, 1.807) is 12.1 Å². The zero-order valence-electron chi connectivity index (χ0n) is 10.0. The number of carbonyl (C=O) groups excluding carboxylic acids is 1. The molecule has 1 heterocycles. The minimum Gasteiger partial charge on any atom is -0.398 e. The highest BCUT2D eigenvalue weighted by Crippen LogP contribution is 2.22. The lowest BCUT2D eigenvalue weighted by Gasteiger charge is -2.07. The summed E-state index contributed by atoms with van der Waals surface area (Å²) < 4.78 is 0. The number of nitrogens with zero attached hydrogens (tertiary/aromatic N) is 2. The molecule has 0 fully saturated rings. The van der Waals surface area contributed by atoms with Gasteiger partial charge in [-0.1, -0.05) is 11.6 Å². The predicted molar refractivity (Wildman–Crippen MR) is 74.7 cm³/mol. The second-order valence-electron chi connectivity index (χ2n) is 3.82. The van der Waals surface area contributed by atoms with E-state index in [1.165, 1.54) is 18.3 Å². The van der Waals surface area contributed by atoms with E-state index in [0.29, 0.717) is 0 Å². The summed E-state index contributed by atoms with van der Waals surface area (Å²) in [6.45, 7) is 0. The Labute approximate surface area is 118 Å². The fourth-order valence-corrected chi connectivity index (χ4v) is 1.68. The third-order valence-electron chi connectivity index (χ3n) is 2.48. The molecule has 0 bridgehead atoms. The lowest BCUT2D eigenvalue weighted by molar-refractivity contribution is -0.384. The van der Waals surface area contributed by atoms with Crippen LogP contribution >= 0.6 is 11.6 Å². The minimum atomic E-state index is -0.619. The van der Waals surface area contributed by atoms with Crippen molar-refractivity contribution in [2.24, 2.45) is 0 Å².